The van der Waals surface area contributed by atoms with Crippen LogP contribution in [-0.4, -0.2) is 11.9 Å². The maximum Gasteiger partial charge on any atom is 0.316 e. The lowest BCUT2D eigenvalue weighted by atomic mass is 10.2. The van der Waals surface area contributed by atoms with Crippen LogP contribution in [0.2, 0.25) is 10.0 Å². The van der Waals surface area contributed by atoms with E-state index in [4.69, 9.17) is 28.9 Å². The van der Waals surface area contributed by atoms with E-state index >= 15 is 0 Å². The summed E-state index contributed by atoms with van der Waals surface area (Å²) >= 11 is 11.8. The Kier molecular flexibility index (Phi) is 5.25. The van der Waals surface area contributed by atoms with E-state index in [1.807, 2.05) is 0 Å². The highest BCUT2D eigenvalue weighted by Crippen LogP contribution is 2.21. The number of nitrogens with one attached hydrogen (secondary N) is 2. The van der Waals surface area contributed by atoms with Crippen LogP contribution in [0, 0.1) is 0 Å². The van der Waals surface area contributed by atoms with Crippen LogP contribution in [0.3, 0.4) is 0 Å². The van der Waals surface area contributed by atoms with Gasteiger partial charge in [0.1, 0.15) is 0 Å². The number of benzene rings is 2. The van der Waals surface area contributed by atoms with Gasteiger partial charge in [-0.15, -0.1) is 0 Å². The molecule has 4 N–H and O–H groups in total. The van der Waals surface area contributed by atoms with Crippen molar-refractivity contribution in [2.75, 3.05) is 5.32 Å². The lowest BCUT2D eigenvalue weighted by Crippen LogP contribution is -2.23. The summed E-state index contributed by atoms with van der Waals surface area (Å²) < 4.78 is 0. The molecule has 0 saturated heterocycles. The van der Waals surface area contributed by atoms with Gasteiger partial charge in [-0.25, -0.2) is 4.79 Å². The van der Waals surface area contributed by atoms with Crippen molar-refractivity contribution in [3.8, 4) is 0 Å². The molecule has 0 heterocycles. The number of halogens is 2. The number of amides is 3. The molecular formula is C15H13Cl2N3O2. The Hall–Kier alpha value is -2.24. The van der Waals surface area contributed by atoms with E-state index in [2.05, 4.69) is 10.6 Å². The summed E-state index contributed by atoms with van der Waals surface area (Å²) in [6, 6.07) is 11.0. The molecule has 7 heteroatoms. The molecule has 22 heavy (non-hydrogen) atoms. The summed E-state index contributed by atoms with van der Waals surface area (Å²) in [7, 11) is 0. The highest BCUT2D eigenvalue weighted by Gasteiger charge is 2.10. The molecule has 0 aliphatic rings. The highest BCUT2D eigenvalue weighted by atomic mass is 35.5. The van der Waals surface area contributed by atoms with Gasteiger partial charge in [0.15, 0.2) is 0 Å². The number of rotatable bonds is 4. The van der Waals surface area contributed by atoms with Gasteiger partial charge in [-0.05, 0) is 35.9 Å². The van der Waals surface area contributed by atoms with E-state index in [0.29, 0.717) is 27.8 Å². The molecule has 2 aromatic rings. The van der Waals surface area contributed by atoms with E-state index in [-0.39, 0.29) is 5.91 Å². The van der Waals surface area contributed by atoms with E-state index < -0.39 is 6.03 Å². The predicted octanol–water partition coefficient (Wildman–Crippen LogP) is 3.41. The number of primary amides is 1. The van der Waals surface area contributed by atoms with Crippen LogP contribution in [0.15, 0.2) is 42.5 Å². The van der Waals surface area contributed by atoms with Gasteiger partial charge in [0.2, 0.25) is 0 Å². The van der Waals surface area contributed by atoms with Crippen molar-refractivity contribution in [2.45, 2.75) is 6.54 Å². The van der Waals surface area contributed by atoms with Gasteiger partial charge in [0, 0.05) is 17.3 Å². The number of hydrogen-bond acceptors (Lipinski definition) is 2. The Morgan fingerprint density at radius 1 is 1.05 bits per heavy atom. The number of carbonyl (C=O) groups is 2. The second-order valence-corrected chi connectivity index (χ2v) is 5.34. The first-order valence-electron chi connectivity index (χ1n) is 6.34. The third-order valence-electron chi connectivity index (χ3n) is 2.85. The fourth-order valence-electron chi connectivity index (χ4n) is 1.80. The quantitative estimate of drug-likeness (QED) is 0.798. The Bertz CT molecular complexity index is 702. The summed E-state index contributed by atoms with van der Waals surface area (Å²) in [5, 5.41) is 5.98. The summed E-state index contributed by atoms with van der Waals surface area (Å²) in [5.41, 5.74) is 6.84. The van der Waals surface area contributed by atoms with E-state index in [1.165, 1.54) is 6.07 Å². The molecule has 2 aromatic carbocycles. The Morgan fingerprint density at radius 3 is 2.32 bits per heavy atom. The van der Waals surface area contributed by atoms with Gasteiger partial charge in [-0.1, -0.05) is 35.3 Å². The third-order valence-corrected chi connectivity index (χ3v) is 3.40. The van der Waals surface area contributed by atoms with Gasteiger partial charge in [0.05, 0.1) is 10.6 Å². The fourth-order valence-corrected chi connectivity index (χ4v) is 2.29. The minimum absolute atomic E-state index is 0.291. The van der Waals surface area contributed by atoms with Crippen LogP contribution < -0.4 is 16.4 Å². The van der Waals surface area contributed by atoms with Crippen LogP contribution in [-0.2, 0) is 6.54 Å². The summed E-state index contributed by atoms with van der Waals surface area (Å²) in [6.07, 6.45) is 0. The molecule has 3 amide bonds. The molecule has 0 unspecified atom stereocenters. The van der Waals surface area contributed by atoms with Gasteiger partial charge in [-0.2, -0.15) is 0 Å². The smallest absolute Gasteiger partial charge is 0.316 e. The molecule has 0 spiro atoms. The molecule has 0 saturated carbocycles. The molecular weight excluding hydrogens is 325 g/mol. The average Bonchev–Trinajstić information content (AvgIpc) is 2.45. The molecule has 0 bridgehead atoms. The first kappa shape index (κ1) is 16.1. The van der Waals surface area contributed by atoms with Gasteiger partial charge in [0.25, 0.3) is 5.91 Å². The van der Waals surface area contributed by atoms with Crippen molar-refractivity contribution in [1.29, 1.82) is 0 Å². The largest absolute Gasteiger partial charge is 0.351 e. The predicted molar refractivity (Wildman–Crippen MR) is 87.3 cm³/mol. The topological polar surface area (TPSA) is 84.2 Å². The van der Waals surface area contributed by atoms with Crippen LogP contribution in [0.25, 0.3) is 0 Å². The first-order chi connectivity index (χ1) is 10.5. The zero-order valence-electron chi connectivity index (χ0n) is 11.4. The Balaban J connectivity index is 1.97. The Labute approximate surface area is 137 Å². The molecule has 2 rings (SSSR count). The molecule has 0 radical (unpaired) electrons. The minimum atomic E-state index is -0.626. The standard InChI is InChI=1S/C15H13Cl2N3O2/c16-10-3-6-12(13(17)7-10)14(21)19-8-9-1-4-11(5-2-9)20-15(18)22/h1-7H,8H2,(H,19,21)(H3,18,20,22). The van der Waals surface area contributed by atoms with Crippen molar-refractivity contribution in [2.24, 2.45) is 5.73 Å². The summed E-state index contributed by atoms with van der Waals surface area (Å²) in [6.45, 7) is 0.328. The SMILES string of the molecule is NC(=O)Nc1ccc(CNC(=O)c2ccc(Cl)cc2Cl)cc1. The van der Waals surface area contributed by atoms with Crippen molar-refractivity contribution >= 4 is 40.8 Å². The number of nitrogens with two attached hydrogens (primary N) is 1. The van der Waals surface area contributed by atoms with Crippen molar-refractivity contribution in [1.82, 2.24) is 5.32 Å². The minimum Gasteiger partial charge on any atom is -0.351 e. The normalized spacial score (nSPS) is 10.1. The van der Waals surface area contributed by atoms with Crippen LogP contribution in [0.1, 0.15) is 15.9 Å². The molecule has 0 aliphatic heterocycles. The van der Waals surface area contributed by atoms with Gasteiger partial charge < -0.3 is 16.4 Å². The van der Waals surface area contributed by atoms with Crippen LogP contribution >= 0.6 is 23.2 Å². The zero-order chi connectivity index (χ0) is 16.1. The number of hydrogen-bond donors (Lipinski definition) is 3. The fraction of sp³-hybridized carbons (Fsp3) is 0.0667. The highest BCUT2D eigenvalue weighted by molar-refractivity contribution is 6.36. The molecule has 114 valence electrons. The lowest BCUT2D eigenvalue weighted by molar-refractivity contribution is 0.0951. The van der Waals surface area contributed by atoms with E-state index in [0.717, 1.165) is 5.56 Å². The maximum atomic E-state index is 12.1. The average molecular weight is 338 g/mol. The number of carbonyl (C=O) groups excluding carboxylic acids is 2. The zero-order valence-corrected chi connectivity index (χ0v) is 12.9. The second-order valence-electron chi connectivity index (χ2n) is 4.49. The Morgan fingerprint density at radius 2 is 1.73 bits per heavy atom. The van der Waals surface area contributed by atoms with Gasteiger partial charge in [-0.3, -0.25) is 4.79 Å². The van der Waals surface area contributed by atoms with E-state index in [9.17, 15) is 9.59 Å². The molecule has 0 aliphatic carbocycles. The first-order valence-corrected chi connectivity index (χ1v) is 7.10. The monoisotopic (exact) mass is 337 g/mol. The lowest BCUT2D eigenvalue weighted by Gasteiger charge is -2.08. The molecule has 5 nitrogen and oxygen atoms in total. The van der Waals surface area contributed by atoms with Gasteiger partial charge >= 0.3 is 6.03 Å². The molecule has 0 aromatic heterocycles. The number of anilines is 1. The number of urea groups is 1. The van der Waals surface area contributed by atoms with E-state index in [1.54, 1.807) is 36.4 Å². The molecule has 0 fully saturated rings. The maximum absolute atomic E-state index is 12.1. The summed E-state index contributed by atoms with van der Waals surface area (Å²) in [5.74, 6) is -0.291. The van der Waals surface area contributed by atoms with Crippen LogP contribution in [0.5, 0.6) is 0 Å². The summed E-state index contributed by atoms with van der Waals surface area (Å²) in [4.78, 5) is 22.8. The third kappa shape index (κ3) is 4.38. The van der Waals surface area contributed by atoms with Crippen molar-refractivity contribution < 1.29 is 9.59 Å². The van der Waals surface area contributed by atoms with Crippen molar-refractivity contribution in [3.63, 3.8) is 0 Å². The van der Waals surface area contributed by atoms with Crippen LogP contribution in [0.4, 0.5) is 10.5 Å². The second kappa shape index (κ2) is 7.15. The van der Waals surface area contributed by atoms with Crippen molar-refractivity contribution in [3.05, 3.63) is 63.6 Å². The molecule has 0 atom stereocenters.